The van der Waals surface area contributed by atoms with Gasteiger partial charge in [0.1, 0.15) is 12.1 Å². The van der Waals surface area contributed by atoms with Crippen LogP contribution in [0.4, 0.5) is 9.18 Å². The van der Waals surface area contributed by atoms with Gasteiger partial charge in [0.05, 0.1) is 11.8 Å². The molecular weight excluding hydrogens is 345 g/mol. The summed E-state index contributed by atoms with van der Waals surface area (Å²) < 4.78 is 15.2. The van der Waals surface area contributed by atoms with E-state index in [-0.39, 0.29) is 17.9 Å². The fraction of sp³-hybridized carbons (Fsp3) is 0.450. The molecule has 2 heterocycles. The number of piperidine rings is 1. The molecule has 6 nitrogen and oxygen atoms in total. The van der Waals surface area contributed by atoms with E-state index in [2.05, 4.69) is 16.0 Å². The number of halogens is 1. The highest BCUT2D eigenvalue weighted by molar-refractivity contribution is 5.78. The number of aryl methyl sites for hydroxylation is 1. The molecule has 0 radical (unpaired) electrons. The molecular formula is C20H24FN5O. The maximum Gasteiger partial charge on any atom is 0.329 e. The minimum atomic E-state index is -0.284. The predicted molar refractivity (Wildman–Crippen MR) is 101 cm³/mol. The third-order valence-corrected chi connectivity index (χ3v) is 5.22. The van der Waals surface area contributed by atoms with Crippen molar-refractivity contribution in [2.24, 2.45) is 0 Å². The van der Waals surface area contributed by atoms with Crippen LogP contribution in [0, 0.1) is 24.1 Å². The van der Waals surface area contributed by atoms with Crippen LogP contribution in [0.1, 0.15) is 24.8 Å². The van der Waals surface area contributed by atoms with Crippen molar-refractivity contribution >= 4 is 6.03 Å². The van der Waals surface area contributed by atoms with Crippen LogP contribution < -0.4 is 0 Å². The minimum absolute atomic E-state index is 0.142. The number of benzene rings is 1. The van der Waals surface area contributed by atoms with Crippen molar-refractivity contribution in [3.63, 3.8) is 0 Å². The number of rotatable bonds is 4. The fourth-order valence-corrected chi connectivity index (χ4v) is 3.41. The number of carbonyl (C=O) groups is 1. The van der Waals surface area contributed by atoms with Crippen molar-refractivity contribution < 1.29 is 9.18 Å². The standard InChI is InChI=1S/C20H24FN5O/c1-15-4-5-16(12-18(15)21)19-13-26(14-23-19)20(27)24(2)17-6-10-25(11-7-17)9-3-8-22/h4-5,12-14,17H,3,6-7,9-11H2,1-2H3. The third kappa shape index (κ3) is 4.34. The maximum atomic E-state index is 13.8. The zero-order chi connectivity index (χ0) is 19.4. The maximum absolute atomic E-state index is 13.8. The number of nitriles is 1. The molecule has 0 atom stereocenters. The van der Waals surface area contributed by atoms with Gasteiger partial charge in [-0.05, 0) is 31.4 Å². The molecule has 1 aromatic carbocycles. The molecule has 0 unspecified atom stereocenters. The van der Waals surface area contributed by atoms with E-state index < -0.39 is 0 Å². The highest BCUT2D eigenvalue weighted by atomic mass is 19.1. The molecule has 1 saturated heterocycles. The molecule has 0 spiro atoms. The van der Waals surface area contributed by atoms with Gasteiger partial charge < -0.3 is 9.80 Å². The number of nitrogens with zero attached hydrogens (tertiary/aromatic N) is 5. The summed E-state index contributed by atoms with van der Waals surface area (Å²) in [4.78, 5) is 21.1. The Morgan fingerprint density at radius 2 is 2.15 bits per heavy atom. The zero-order valence-electron chi connectivity index (χ0n) is 15.7. The first-order chi connectivity index (χ1) is 13.0. The number of hydrogen-bond acceptors (Lipinski definition) is 4. The van der Waals surface area contributed by atoms with Crippen LogP contribution in [0.3, 0.4) is 0 Å². The topological polar surface area (TPSA) is 65.2 Å². The molecule has 27 heavy (non-hydrogen) atoms. The van der Waals surface area contributed by atoms with Crippen molar-refractivity contribution in [1.29, 1.82) is 5.26 Å². The van der Waals surface area contributed by atoms with Crippen LogP contribution in [0.15, 0.2) is 30.7 Å². The first-order valence-electron chi connectivity index (χ1n) is 9.16. The molecule has 1 aromatic heterocycles. The van der Waals surface area contributed by atoms with Gasteiger partial charge in [-0.1, -0.05) is 12.1 Å². The van der Waals surface area contributed by atoms with Gasteiger partial charge in [0.15, 0.2) is 0 Å². The molecule has 3 rings (SSSR count). The van der Waals surface area contributed by atoms with Crippen LogP contribution in [-0.2, 0) is 0 Å². The summed E-state index contributed by atoms with van der Waals surface area (Å²) >= 11 is 0. The van der Waals surface area contributed by atoms with E-state index in [9.17, 15) is 9.18 Å². The molecule has 0 saturated carbocycles. The molecule has 1 aliphatic heterocycles. The zero-order valence-corrected chi connectivity index (χ0v) is 15.7. The van der Waals surface area contributed by atoms with Crippen molar-refractivity contribution in [2.45, 2.75) is 32.2 Å². The van der Waals surface area contributed by atoms with Gasteiger partial charge in [0.25, 0.3) is 0 Å². The van der Waals surface area contributed by atoms with Crippen molar-refractivity contribution in [2.75, 3.05) is 26.7 Å². The Labute approximate surface area is 158 Å². The van der Waals surface area contributed by atoms with E-state index >= 15 is 0 Å². The molecule has 0 N–H and O–H groups in total. The number of carbonyl (C=O) groups excluding carboxylic acids is 1. The second-order valence-corrected chi connectivity index (χ2v) is 7.00. The Kier molecular flexibility index (Phi) is 5.87. The molecule has 142 valence electrons. The quantitative estimate of drug-likeness (QED) is 0.830. The van der Waals surface area contributed by atoms with Gasteiger partial charge in [-0.3, -0.25) is 4.57 Å². The monoisotopic (exact) mass is 369 g/mol. The average Bonchev–Trinajstić information content (AvgIpc) is 3.18. The van der Waals surface area contributed by atoms with Crippen LogP contribution in [0.2, 0.25) is 0 Å². The number of imidazole rings is 1. The molecule has 2 aromatic rings. The SMILES string of the molecule is Cc1ccc(-c2cn(C(=O)N(C)C3CCN(CCC#N)CC3)cn2)cc1F. The minimum Gasteiger partial charge on any atom is -0.324 e. The van der Waals surface area contributed by atoms with E-state index in [4.69, 9.17) is 5.26 Å². The van der Waals surface area contributed by atoms with E-state index in [1.165, 1.54) is 17.0 Å². The predicted octanol–water partition coefficient (Wildman–Crippen LogP) is 3.28. The third-order valence-electron chi connectivity index (χ3n) is 5.22. The summed E-state index contributed by atoms with van der Waals surface area (Å²) in [6.07, 6.45) is 5.44. The summed E-state index contributed by atoms with van der Waals surface area (Å²) in [5.41, 5.74) is 1.80. The van der Waals surface area contributed by atoms with E-state index in [1.807, 2.05) is 7.05 Å². The van der Waals surface area contributed by atoms with Crippen LogP contribution in [-0.4, -0.2) is 58.1 Å². The number of likely N-dealkylation sites (tertiary alicyclic amines) is 1. The number of aromatic nitrogens is 2. The van der Waals surface area contributed by atoms with Crippen LogP contribution >= 0.6 is 0 Å². The molecule has 0 bridgehead atoms. The van der Waals surface area contributed by atoms with Gasteiger partial charge in [0, 0.05) is 50.9 Å². The Morgan fingerprint density at radius 3 is 2.81 bits per heavy atom. The molecule has 1 amide bonds. The van der Waals surface area contributed by atoms with Gasteiger partial charge in [-0.15, -0.1) is 0 Å². The molecule has 1 fully saturated rings. The summed E-state index contributed by atoms with van der Waals surface area (Å²) in [5, 5.41) is 8.69. The van der Waals surface area contributed by atoms with Crippen molar-refractivity contribution in [3.8, 4) is 17.3 Å². The smallest absolute Gasteiger partial charge is 0.324 e. The number of hydrogen-bond donors (Lipinski definition) is 0. The van der Waals surface area contributed by atoms with Crippen LogP contribution in [0.5, 0.6) is 0 Å². The summed E-state index contributed by atoms with van der Waals surface area (Å²) in [7, 11) is 1.81. The van der Waals surface area contributed by atoms with Crippen molar-refractivity contribution in [1.82, 2.24) is 19.4 Å². The lowest BCUT2D eigenvalue weighted by Crippen LogP contribution is -2.46. The first kappa shape index (κ1) is 19.1. The highest BCUT2D eigenvalue weighted by Crippen LogP contribution is 2.21. The summed E-state index contributed by atoms with van der Waals surface area (Å²) in [5.74, 6) is -0.284. The summed E-state index contributed by atoms with van der Waals surface area (Å²) in [6.45, 7) is 4.28. The van der Waals surface area contributed by atoms with Gasteiger partial charge in [0.2, 0.25) is 0 Å². The molecule has 7 heteroatoms. The Balaban J connectivity index is 1.63. The van der Waals surface area contributed by atoms with Gasteiger partial charge >= 0.3 is 6.03 Å². The van der Waals surface area contributed by atoms with Crippen molar-refractivity contribution in [3.05, 3.63) is 42.1 Å². The average molecular weight is 369 g/mol. The lowest BCUT2D eigenvalue weighted by Gasteiger charge is -2.36. The fourth-order valence-electron chi connectivity index (χ4n) is 3.41. The second-order valence-electron chi connectivity index (χ2n) is 7.00. The second kappa shape index (κ2) is 8.31. The largest absolute Gasteiger partial charge is 0.329 e. The lowest BCUT2D eigenvalue weighted by atomic mass is 10.0. The normalized spacial score (nSPS) is 15.5. The summed E-state index contributed by atoms with van der Waals surface area (Å²) in [6, 6.07) is 7.14. The Bertz CT molecular complexity index is 848. The highest BCUT2D eigenvalue weighted by Gasteiger charge is 2.26. The first-order valence-corrected chi connectivity index (χ1v) is 9.16. The van der Waals surface area contributed by atoms with Gasteiger partial charge in [-0.2, -0.15) is 5.26 Å². The molecule has 0 aliphatic carbocycles. The van der Waals surface area contributed by atoms with Crippen LogP contribution in [0.25, 0.3) is 11.3 Å². The Hall–Kier alpha value is -2.72. The Morgan fingerprint density at radius 1 is 1.41 bits per heavy atom. The number of amides is 1. The lowest BCUT2D eigenvalue weighted by molar-refractivity contribution is 0.137. The molecule has 1 aliphatic rings. The van der Waals surface area contributed by atoms with Gasteiger partial charge in [-0.25, -0.2) is 14.2 Å². The van der Waals surface area contributed by atoms with E-state index in [0.29, 0.717) is 23.2 Å². The van der Waals surface area contributed by atoms with E-state index in [1.54, 1.807) is 30.2 Å². The van der Waals surface area contributed by atoms with E-state index in [0.717, 1.165) is 32.5 Å².